The van der Waals surface area contributed by atoms with E-state index in [0.29, 0.717) is 16.3 Å². The van der Waals surface area contributed by atoms with Crippen molar-refractivity contribution in [3.05, 3.63) is 47.2 Å². The number of hydrogen-bond acceptors (Lipinski definition) is 3. The molecule has 1 atom stereocenters. The van der Waals surface area contributed by atoms with E-state index < -0.39 is 6.04 Å². The summed E-state index contributed by atoms with van der Waals surface area (Å²) in [4.78, 5) is 12.0. The van der Waals surface area contributed by atoms with E-state index in [-0.39, 0.29) is 5.91 Å². The zero-order chi connectivity index (χ0) is 13.8. The van der Waals surface area contributed by atoms with Crippen molar-refractivity contribution in [2.45, 2.75) is 13.0 Å². The second kappa shape index (κ2) is 5.55. The summed E-state index contributed by atoms with van der Waals surface area (Å²) >= 11 is 5.90. The molecule has 0 aliphatic rings. The fourth-order valence-electron chi connectivity index (χ4n) is 1.56. The third-order valence-corrected chi connectivity index (χ3v) is 2.97. The topological polar surface area (TPSA) is 70.7 Å². The molecule has 1 unspecified atom stereocenters. The number of nitrogens with zero attached hydrogens (tertiary/aromatic N) is 3. The van der Waals surface area contributed by atoms with Gasteiger partial charge in [0.1, 0.15) is 12.1 Å². The van der Waals surface area contributed by atoms with Gasteiger partial charge in [0, 0.05) is 18.1 Å². The highest BCUT2D eigenvalue weighted by atomic mass is 35.5. The maximum Gasteiger partial charge on any atom is 0.248 e. The van der Waals surface area contributed by atoms with Crippen LogP contribution in [0.25, 0.3) is 0 Å². The molecular weight excluding hydrogens is 264 g/mol. The predicted octanol–water partition coefficient (Wildman–Crippen LogP) is 2.61. The Labute approximate surface area is 115 Å². The van der Waals surface area contributed by atoms with Gasteiger partial charge in [-0.1, -0.05) is 11.6 Å². The Kier molecular flexibility index (Phi) is 3.83. The van der Waals surface area contributed by atoms with Gasteiger partial charge in [-0.3, -0.25) is 9.48 Å². The zero-order valence-electron chi connectivity index (χ0n) is 10.2. The maximum atomic E-state index is 12.0. The second-order valence-electron chi connectivity index (χ2n) is 3.96. The number of halogens is 1. The highest BCUT2D eigenvalue weighted by Crippen LogP contribution is 2.21. The molecule has 19 heavy (non-hydrogen) atoms. The van der Waals surface area contributed by atoms with Gasteiger partial charge in [0.2, 0.25) is 5.91 Å². The third-order valence-electron chi connectivity index (χ3n) is 2.66. The smallest absolute Gasteiger partial charge is 0.248 e. The molecular formula is C13H11ClN4O. The van der Waals surface area contributed by atoms with Crippen molar-refractivity contribution in [2.75, 3.05) is 5.32 Å². The Bertz CT molecular complexity index is 631. The van der Waals surface area contributed by atoms with Crippen LogP contribution in [0.2, 0.25) is 5.02 Å². The Hall–Kier alpha value is -2.32. The van der Waals surface area contributed by atoms with Gasteiger partial charge in [-0.2, -0.15) is 10.4 Å². The molecule has 0 saturated heterocycles. The molecule has 5 nitrogen and oxygen atoms in total. The van der Waals surface area contributed by atoms with Gasteiger partial charge in [0.15, 0.2) is 0 Å². The van der Waals surface area contributed by atoms with Crippen LogP contribution < -0.4 is 5.32 Å². The fourth-order valence-corrected chi connectivity index (χ4v) is 1.78. The molecule has 0 aliphatic carbocycles. The summed E-state index contributed by atoms with van der Waals surface area (Å²) in [7, 11) is 0. The summed E-state index contributed by atoms with van der Waals surface area (Å²) in [6, 6.07) is 8.04. The molecule has 0 spiro atoms. The number of amides is 1. The molecule has 1 aromatic carbocycles. The minimum absolute atomic E-state index is 0.204. The Morgan fingerprint density at radius 2 is 2.37 bits per heavy atom. The van der Waals surface area contributed by atoms with Crippen LogP contribution in [0.15, 0.2) is 36.7 Å². The number of anilines is 1. The van der Waals surface area contributed by atoms with Crippen molar-refractivity contribution < 1.29 is 4.79 Å². The summed E-state index contributed by atoms with van der Waals surface area (Å²) in [5.74, 6) is -0.204. The first-order chi connectivity index (χ1) is 9.11. The SMILES string of the molecule is CC(C(=O)Nc1ccc(C#N)c(Cl)c1)n1cccn1. The Morgan fingerprint density at radius 3 is 2.95 bits per heavy atom. The molecule has 0 bridgehead atoms. The lowest BCUT2D eigenvalue weighted by atomic mass is 10.2. The number of aromatic nitrogens is 2. The van der Waals surface area contributed by atoms with Gasteiger partial charge < -0.3 is 5.32 Å². The van der Waals surface area contributed by atoms with Gasteiger partial charge in [-0.25, -0.2) is 0 Å². The zero-order valence-corrected chi connectivity index (χ0v) is 10.9. The van der Waals surface area contributed by atoms with Crippen LogP contribution >= 0.6 is 11.6 Å². The van der Waals surface area contributed by atoms with E-state index in [2.05, 4.69) is 10.4 Å². The van der Waals surface area contributed by atoms with Crippen LogP contribution in [0.5, 0.6) is 0 Å². The van der Waals surface area contributed by atoms with Crippen molar-refractivity contribution in [3.8, 4) is 6.07 Å². The number of nitrogens with one attached hydrogen (secondary N) is 1. The lowest BCUT2D eigenvalue weighted by Crippen LogP contribution is -2.23. The molecule has 1 amide bonds. The first kappa shape index (κ1) is 13.1. The first-order valence-electron chi connectivity index (χ1n) is 5.61. The van der Waals surface area contributed by atoms with Crippen LogP contribution in [0.3, 0.4) is 0 Å². The van der Waals surface area contributed by atoms with Gasteiger partial charge in [-0.15, -0.1) is 0 Å². The van der Waals surface area contributed by atoms with Gasteiger partial charge in [-0.05, 0) is 31.2 Å². The number of benzene rings is 1. The summed E-state index contributed by atoms with van der Waals surface area (Å²) in [6.45, 7) is 1.74. The fraction of sp³-hybridized carbons (Fsp3) is 0.154. The van der Waals surface area contributed by atoms with E-state index in [9.17, 15) is 4.79 Å². The van der Waals surface area contributed by atoms with Crippen molar-refractivity contribution in [2.24, 2.45) is 0 Å². The second-order valence-corrected chi connectivity index (χ2v) is 4.36. The lowest BCUT2D eigenvalue weighted by Gasteiger charge is -2.12. The summed E-state index contributed by atoms with van der Waals surface area (Å²) in [5.41, 5.74) is 0.924. The van der Waals surface area contributed by atoms with Crippen molar-refractivity contribution in [1.29, 1.82) is 5.26 Å². The third kappa shape index (κ3) is 2.92. The minimum Gasteiger partial charge on any atom is -0.324 e. The summed E-state index contributed by atoms with van der Waals surface area (Å²) in [6.07, 6.45) is 3.33. The first-order valence-corrected chi connectivity index (χ1v) is 5.99. The number of hydrogen-bond donors (Lipinski definition) is 1. The molecule has 0 fully saturated rings. The van der Waals surface area contributed by atoms with Crippen LogP contribution in [0.4, 0.5) is 5.69 Å². The van der Waals surface area contributed by atoms with Crippen LogP contribution in [-0.2, 0) is 4.79 Å². The van der Waals surface area contributed by atoms with Crippen LogP contribution in [-0.4, -0.2) is 15.7 Å². The normalized spacial score (nSPS) is 11.6. The minimum atomic E-state index is -0.426. The molecule has 0 radical (unpaired) electrons. The average Bonchev–Trinajstić information content (AvgIpc) is 2.92. The molecule has 2 rings (SSSR count). The van der Waals surface area contributed by atoms with E-state index in [4.69, 9.17) is 16.9 Å². The molecule has 0 aliphatic heterocycles. The van der Waals surface area contributed by atoms with E-state index in [1.807, 2.05) is 6.07 Å². The highest BCUT2D eigenvalue weighted by Gasteiger charge is 2.15. The largest absolute Gasteiger partial charge is 0.324 e. The molecule has 6 heteroatoms. The number of carbonyl (C=O) groups excluding carboxylic acids is 1. The molecule has 2 aromatic rings. The Balaban J connectivity index is 2.11. The van der Waals surface area contributed by atoms with Crippen molar-refractivity contribution in [1.82, 2.24) is 9.78 Å². The van der Waals surface area contributed by atoms with Crippen molar-refractivity contribution in [3.63, 3.8) is 0 Å². The molecule has 1 aromatic heterocycles. The quantitative estimate of drug-likeness (QED) is 0.935. The number of nitriles is 1. The van der Waals surface area contributed by atoms with Crippen LogP contribution in [0.1, 0.15) is 18.5 Å². The molecule has 1 N–H and O–H groups in total. The number of rotatable bonds is 3. The van der Waals surface area contributed by atoms with E-state index in [0.717, 1.165) is 0 Å². The highest BCUT2D eigenvalue weighted by molar-refractivity contribution is 6.32. The van der Waals surface area contributed by atoms with E-state index >= 15 is 0 Å². The average molecular weight is 275 g/mol. The summed E-state index contributed by atoms with van der Waals surface area (Å²) in [5, 5.41) is 15.8. The van der Waals surface area contributed by atoms with Crippen LogP contribution in [0, 0.1) is 11.3 Å². The molecule has 1 heterocycles. The Morgan fingerprint density at radius 1 is 1.58 bits per heavy atom. The van der Waals surface area contributed by atoms with Crippen molar-refractivity contribution >= 4 is 23.2 Å². The van der Waals surface area contributed by atoms with Gasteiger partial charge >= 0.3 is 0 Å². The maximum absolute atomic E-state index is 12.0. The molecule has 96 valence electrons. The summed E-state index contributed by atoms with van der Waals surface area (Å²) < 4.78 is 1.56. The van der Waals surface area contributed by atoms with E-state index in [1.54, 1.807) is 48.3 Å². The van der Waals surface area contributed by atoms with E-state index in [1.165, 1.54) is 0 Å². The monoisotopic (exact) mass is 274 g/mol. The molecule has 0 saturated carbocycles. The standard InChI is InChI=1S/C13H11ClN4O/c1-9(18-6-2-5-16-18)13(19)17-11-4-3-10(8-15)12(14)7-11/h2-7,9H,1H3,(H,17,19). The van der Waals surface area contributed by atoms with Gasteiger partial charge in [0.25, 0.3) is 0 Å². The number of carbonyl (C=O) groups is 1. The predicted molar refractivity (Wildman–Crippen MR) is 71.7 cm³/mol. The van der Waals surface area contributed by atoms with Gasteiger partial charge in [0.05, 0.1) is 10.6 Å². The lowest BCUT2D eigenvalue weighted by molar-refractivity contribution is -0.119.